The number of nitrogens with two attached hydrogens (primary N) is 1. The number of hydrogen-bond donors (Lipinski definition) is 1. The number of rotatable bonds is 2. The van der Waals surface area contributed by atoms with Gasteiger partial charge in [0.25, 0.3) is 0 Å². The number of hydrogen-bond acceptors (Lipinski definition) is 5. The third-order valence-corrected chi connectivity index (χ3v) is 5.85. The van der Waals surface area contributed by atoms with Crippen molar-refractivity contribution in [3.8, 4) is 22.9 Å². The van der Waals surface area contributed by atoms with Crippen LogP contribution in [0.2, 0.25) is 0 Å². The normalized spacial score (nSPS) is 17.0. The molecule has 0 spiro atoms. The number of ether oxygens (including phenoxy) is 2. The number of benzene rings is 2. The molecule has 1 aromatic heterocycles. The first kappa shape index (κ1) is 20.5. The molecule has 33 heavy (non-hydrogen) atoms. The van der Waals surface area contributed by atoms with E-state index in [2.05, 4.69) is 11.6 Å². The Morgan fingerprint density at radius 2 is 1.88 bits per heavy atom. The van der Waals surface area contributed by atoms with E-state index in [1.807, 2.05) is 12.1 Å². The van der Waals surface area contributed by atoms with Gasteiger partial charge in [-0.3, -0.25) is 0 Å². The van der Waals surface area contributed by atoms with Gasteiger partial charge in [-0.05, 0) is 42.3 Å². The summed E-state index contributed by atoms with van der Waals surface area (Å²) >= 11 is 0. The van der Waals surface area contributed by atoms with Gasteiger partial charge in [0.1, 0.15) is 34.7 Å². The third-order valence-electron chi connectivity index (χ3n) is 5.85. The lowest BCUT2D eigenvalue weighted by atomic mass is 9.79. The molecule has 1 atom stereocenters. The van der Waals surface area contributed by atoms with Crippen molar-refractivity contribution in [1.82, 2.24) is 4.98 Å². The van der Waals surface area contributed by atoms with Crippen LogP contribution in [-0.2, 0) is 4.74 Å². The molecule has 2 aromatic carbocycles. The van der Waals surface area contributed by atoms with Crippen LogP contribution in [0.15, 0.2) is 84.1 Å². The minimum atomic E-state index is -0.885. The Hall–Kier alpha value is -4.44. The van der Waals surface area contributed by atoms with Gasteiger partial charge in [-0.2, -0.15) is 9.65 Å². The fourth-order valence-corrected chi connectivity index (χ4v) is 4.24. The molecule has 5 rings (SSSR count). The molecule has 0 aliphatic carbocycles. The zero-order valence-corrected chi connectivity index (χ0v) is 17.5. The second-order valence-corrected chi connectivity index (χ2v) is 7.70. The molecule has 0 fully saturated rings. The lowest BCUT2D eigenvalue weighted by molar-refractivity contribution is 0.330. The van der Waals surface area contributed by atoms with Crippen LogP contribution < -0.4 is 10.5 Å². The maximum absolute atomic E-state index is 15.6. The second-order valence-electron chi connectivity index (χ2n) is 7.70. The van der Waals surface area contributed by atoms with E-state index in [1.165, 1.54) is 12.3 Å². The first-order valence-electron chi connectivity index (χ1n) is 10.1. The summed E-state index contributed by atoms with van der Waals surface area (Å²) in [6.45, 7) is 5.56. The van der Waals surface area contributed by atoms with Crippen LogP contribution in [0, 0.1) is 30.0 Å². The van der Waals surface area contributed by atoms with Crippen LogP contribution in [0.25, 0.3) is 16.9 Å². The number of pyridine rings is 1. The highest BCUT2D eigenvalue weighted by Gasteiger charge is 2.40. The van der Waals surface area contributed by atoms with Crippen molar-refractivity contribution in [2.75, 3.05) is 0 Å². The van der Waals surface area contributed by atoms with Gasteiger partial charge in [-0.1, -0.05) is 30.8 Å². The number of halogens is 2. The smallest absolute Gasteiger partial charge is 0.216 e. The van der Waals surface area contributed by atoms with E-state index in [0.29, 0.717) is 39.3 Å². The monoisotopic (exact) mass is 441 g/mol. The molecule has 0 radical (unpaired) electrons. The fourth-order valence-electron chi connectivity index (χ4n) is 4.24. The Bertz CT molecular complexity index is 1450. The Labute approximate surface area is 188 Å². The average Bonchev–Trinajstić information content (AvgIpc) is 2.80. The highest BCUT2D eigenvalue weighted by Crippen LogP contribution is 2.50. The maximum Gasteiger partial charge on any atom is 0.216 e. The van der Waals surface area contributed by atoms with E-state index in [4.69, 9.17) is 15.2 Å². The molecule has 1 unspecified atom stereocenters. The quantitative estimate of drug-likeness (QED) is 0.534. The predicted octanol–water partition coefficient (Wildman–Crippen LogP) is 5.46. The number of fused-ring (bicyclic) bond motifs is 2. The summed E-state index contributed by atoms with van der Waals surface area (Å²) in [4.78, 5) is 3.62. The van der Waals surface area contributed by atoms with E-state index >= 15 is 4.39 Å². The van der Waals surface area contributed by atoms with Crippen molar-refractivity contribution in [3.63, 3.8) is 0 Å². The van der Waals surface area contributed by atoms with Crippen LogP contribution >= 0.6 is 0 Å². The highest BCUT2D eigenvalue weighted by molar-refractivity contribution is 5.79. The lowest BCUT2D eigenvalue weighted by Crippen LogP contribution is -2.25. The van der Waals surface area contributed by atoms with E-state index in [9.17, 15) is 9.65 Å². The van der Waals surface area contributed by atoms with Gasteiger partial charge in [0, 0.05) is 17.3 Å². The zero-order valence-electron chi connectivity index (χ0n) is 17.5. The molecule has 162 valence electrons. The molecule has 0 saturated carbocycles. The third kappa shape index (κ3) is 3.15. The largest absolute Gasteiger partial charge is 0.457 e. The van der Waals surface area contributed by atoms with Crippen molar-refractivity contribution in [1.29, 1.82) is 5.26 Å². The van der Waals surface area contributed by atoms with Crippen molar-refractivity contribution >= 4 is 5.76 Å². The van der Waals surface area contributed by atoms with Gasteiger partial charge in [-0.25, -0.2) is 9.37 Å². The summed E-state index contributed by atoms with van der Waals surface area (Å²) in [5.41, 5.74) is 8.72. The highest BCUT2D eigenvalue weighted by atomic mass is 19.1. The fraction of sp³-hybridized carbons (Fsp3) is 0.0769. The molecule has 7 heteroatoms. The van der Waals surface area contributed by atoms with Crippen molar-refractivity contribution in [2.45, 2.75) is 12.8 Å². The average molecular weight is 441 g/mol. The summed E-state index contributed by atoms with van der Waals surface area (Å²) in [5.74, 6) is -1.06. The molecule has 0 saturated heterocycles. The lowest BCUT2D eigenvalue weighted by Gasteiger charge is -2.33. The van der Waals surface area contributed by atoms with Crippen molar-refractivity contribution < 1.29 is 18.3 Å². The Morgan fingerprint density at radius 3 is 2.64 bits per heavy atom. The molecular formula is C26H17F2N3O2. The molecule has 3 aromatic rings. The SMILES string of the molecule is C=C1Oc2ccccc2C2=C1C(c1ccc(-c3ccnc(F)c3C)cc1F)C(C#N)=C(N)O2. The zero-order chi connectivity index (χ0) is 23.3. The molecular weight excluding hydrogens is 424 g/mol. The second kappa shape index (κ2) is 7.61. The van der Waals surface area contributed by atoms with Crippen LogP contribution in [0.5, 0.6) is 5.75 Å². The van der Waals surface area contributed by atoms with E-state index in [0.717, 1.165) is 0 Å². The van der Waals surface area contributed by atoms with E-state index < -0.39 is 17.7 Å². The summed E-state index contributed by atoms with van der Waals surface area (Å²) in [5, 5.41) is 9.82. The topological polar surface area (TPSA) is 81.2 Å². The standard InChI is InChI=1S/C26H17F2N3O2/c1-13-16(9-10-31-25(13)28)15-7-8-17(20(27)11-15)23-19(12-29)26(30)33-24-18-5-3-4-6-21(18)32-14(2)22(23)24/h3-11,23H,2,30H2,1H3. The van der Waals surface area contributed by atoms with Gasteiger partial charge >= 0.3 is 0 Å². The van der Waals surface area contributed by atoms with Gasteiger partial charge in [0.2, 0.25) is 11.8 Å². The van der Waals surface area contributed by atoms with Crippen molar-refractivity contribution in [3.05, 3.63) is 113 Å². The van der Waals surface area contributed by atoms with Crippen LogP contribution in [0.4, 0.5) is 8.78 Å². The molecule has 0 amide bonds. The van der Waals surface area contributed by atoms with E-state index in [-0.39, 0.29) is 22.8 Å². The van der Waals surface area contributed by atoms with Gasteiger partial charge in [0.05, 0.1) is 17.1 Å². The van der Waals surface area contributed by atoms with Crippen LogP contribution in [-0.4, -0.2) is 4.98 Å². The summed E-state index contributed by atoms with van der Waals surface area (Å²) < 4.78 is 41.1. The number of para-hydroxylation sites is 1. The molecule has 2 N–H and O–H groups in total. The van der Waals surface area contributed by atoms with Crippen molar-refractivity contribution in [2.24, 2.45) is 5.73 Å². The van der Waals surface area contributed by atoms with Gasteiger partial charge < -0.3 is 15.2 Å². The Morgan fingerprint density at radius 1 is 1.09 bits per heavy atom. The molecule has 2 aliphatic rings. The minimum absolute atomic E-state index is 0.0515. The maximum atomic E-state index is 15.6. The number of nitrogens with zero attached hydrogens (tertiary/aromatic N) is 2. The van der Waals surface area contributed by atoms with Gasteiger partial charge in [-0.15, -0.1) is 0 Å². The molecule has 3 heterocycles. The minimum Gasteiger partial charge on any atom is -0.457 e. The first-order valence-corrected chi connectivity index (χ1v) is 10.1. The first-order chi connectivity index (χ1) is 15.9. The van der Waals surface area contributed by atoms with Crippen LogP contribution in [0.1, 0.15) is 22.6 Å². The molecule has 0 bridgehead atoms. The Kier molecular flexibility index (Phi) is 4.72. The van der Waals surface area contributed by atoms with Gasteiger partial charge in [0.15, 0.2) is 0 Å². The Balaban J connectivity index is 1.69. The molecule has 2 aliphatic heterocycles. The van der Waals surface area contributed by atoms with E-state index in [1.54, 1.807) is 43.3 Å². The number of nitriles is 1. The van der Waals surface area contributed by atoms with Crippen LogP contribution in [0.3, 0.4) is 0 Å². The number of allylic oxidation sites excluding steroid dienone is 2. The summed E-state index contributed by atoms with van der Waals surface area (Å²) in [6, 6.07) is 15.4. The number of aromatic nitrogens is 1. The predicted molar refractivity (Wildman–Crippen MR) is 118 cm³/mol. The molecule has 5 nitrogen and oxygen atoms in total. The summed E-state index contributed by atoms with van der Waals surface area (Å²) in [7, 11) is 0. The summed E-state index contributed by atoms with van der Waals surface area (Å²) in [6.07, 6.45) is 1.33.